The van der Waals surface area contributed by atoms with Gasteiger partial charge in [-0.05, 0) is 68.8 Å². The van der Waals surface area contributed by atoms with Crippen LogP contribution in [0.4, 0.5) is 0 Å². The van der Waals surface area contributed by atoms with Gasteiger partial charge in [0.05, 0.1) is 0 Å². The SMILES string of the molecule is CN=C(NCCCc1cccc(Br)c1)N1CCC(CN2CCCCC2)C1.I. The third-order valence-corrected chi connectivity index (χ3v) is 6.07. The molecule has 0 radical (unpaired) electrons. The minimum atomic E-state index is 0. The Hall–Kier alpha value is -0.340. The lowest BCUT2D eigenvalue weighted by Gasteiger charge is -2.29. The molecule has 0 aliphatic carbocycles. The van der Waals surface area contributed by atoms with Gasteiger partial charge in [0.2, 0.25) is 0 Å². The van der Waals surface area contributed by atoms with Crippen molar-refractivity contribution in [2.24, 2.45) is 10.9 Å². The first kappa shape index (κ1) is 22.9. The summed E-state index contributed by atoms with van der Waals surface area (Å²) < 4.78 is 1.16. The van der Waals surface area contributed by atoms with Gasteiger partial charge in [-0.15, -0.1) is 24.0 Å². The minimum Gasteiger partial charge on any atom is -0.356 e. The van der Waals surface area contributed by atoms with Gasteiger partial charge in [0.25, 0.3) is 0 Å². The van der Waals surface area contributed by atoms with E-state index in [-0.39, 0.29) is 24.0 Å². The van der Waals surface area contributed by atoms with Crippen LogP contribution in [0.25, 0.3) is 0 Å². The van der Waals surface area contributed by atoms with Gasteiger partial charge in [0.1, 0.15) is 0 Å². The second-order valence-electron chi connectivity index (χ2n) is 7.67. The van der Waals surface area contributed by atoms with E-state index in [1.54, 1.807) is 0 Å². The maximum Gasteiger partial charge on any atom is 0.193 e. The van der Waals surface area contributed by atoms with Gasteiger partial charge < -0.3 is 15.1 Å². The second-order valence-corrected chi connectivity index (χ2v) is 8.59. The van der Waals surface area contributed by atoms with Crippen LogP contribution < -0.4 is 5.32 Å². The fourth-order valence-electron chi connectivity index (χ4n) is 4.20. The molecule has 2 heterocycles. The molecule has 0 amide bonds. The Morgan fingerprint density at radius 1 is 1.22 bits per heavy atom. The molecule has 2 saturated heterocycles. The van der Waals surface area contributed by atoms with E-state index in [2.05, 4.69) is 60.3 Å². The first-order chi connectivity index (χ1) is 12.7. The predicted molar refractivity (Wildman–Crippen MR) is 129 cm³/mol. The fourth-order valence-corrected chi connectivity index (χ4v) is 4.65. The number of piperidine rings is 1. The maximum atomic E-state index is 4.52. The fraction of sp³-hybridized carbons (Fsp3) is 0.667. The number of halogens is 2. The maximum absolute atomic E-state index is 4.52. The molecule has 0 spiro atoms. The van der Waals surface area contributed by atoms with Gasteiger partial charge in [-0.3, -0.25) is 4.99 Å². The third-order valence-electron chi connectivity index (χ3n) is 5.58. The van der Waals surface area contributed by atoms with Crippen LogP contribution in [0.1, 0.15) is 37.7 Å². The summed E-state index contributed by atoms with van der Waals surface area (Å²) >= 11 is 3.55. The molecule has 2 fully saturated rings. The van der Waals surface area contributed by atoms with Crippen LogP contribution in [0.5, 0.6) is 0 Å². The monoisotopic (exact) mass is 548 g/mol. The summed E-state index contributed by atoms with van der Waals surface area (Å²) in [6.45, 7) is 7.16. The number of nitrogens with zero attached hydrogens (tertiary/aromatic N) is 3. The molecule has 2 aliphatic rings. The van der Waals surface area contributed by atoms with Gasteiger partial charge in [-0.1, -0.05) is 34.5 Å². The zero-order chi connectivity index (χ0) is 18.2. The van der Waals surface area contributed by atoms with E-state index >= 15 is 0 Å². The number of likely N-dealkylation sites (tertiary alicyclic amines) is 2. The zero-order valence-corrected chi connectivity index (χ0v) is 20.4. The smallest absolute Gasteiger partial charge is 0.193 e. The Labute approximate surface area is 190 Å². The molecule has 0 bridgehead atoms. The molecule has 152 valence electrons. The molecule has 4 nitrogen and oxygen atoms in total. The van der Waals surface area contributed by atoms with Gasteiger partial charge in [0, 0.05) is 37.7 Å². The third kappa shape index (κ3) is 7.54. The lowest BCUT2D eigenvalue weighted by molar-refractivity contribution is 0.198. The van der Waals surface area contributed by atoms with Crippen molar-refractivity contribution in [3.8, 4) is 0 Å². The number of nitrogens with one attached hydrogen (secondary N) is 1. The number of benzene rings is 1. The first-order valence-corrected chi connectivity index (χ1v) is 11.0. The Balaban J connectivity index is 0.00000261. The van der Waals surface area contributed by atoms with E-state index in [1.165, 1.54) is 50.9 Å². The standard InChI is InChI=1S/C21H33BrN4.HI/c1-23-21(24-11-6-8-18-7-5-9-20(22)15-18)26-14-10-19(17-26)16-25-12-3-2-4-13-25;/h5,7,9,15,19H,2-4,6,8,10-14,16-17H2,1H3,(H,23,24);1H. The van der Waals surface area contributed by atoms with Crippen molar-refractivity contribution in [1.29, 1.82) is 0 Å². The van der Waals surface area contributed by atoms with Crippen LogP contribution in [0.3, 0.4) is 0 Å². The summed E-state index contributed by atoms with van der Waals surface area (Å²) in [5.74, 6) is 1.88. The summed E-state index contributed by atoms with van der Waals surface area (Å²) in [5.41, 5.74) is 1.39. The molecule has 1 unspecified atom stereocenters. The van der Waals surface area contributed by atoms with Crippen LogP contribution in [0, 0.1) is 5.92 Å². The van der Waals surface area contributed by atoms with E-state index in [0.29, 0.717) is 0 Å². The van der Waals surface area contributed by atoms with Gasteiger partial charge in [-0.2, -0.15) is 0 Å². The number of guanidine groups is 1. The van der Waals surface area contributed by atoms with Gasteiger partial charge >= 0.3 is 0 Å². The molecular formula is C21H34BrIN4. The van der Waals surface area contributed by atoms with Crippen LogP contribution in [-0.2, 0) is 6.42 Å². The van der Waals surface area contributed by atoms with E-state index in [4.69, 9.17) is 0 Å². The number of aliphatic imine (C=N–C) groups is 1. The molecule has 0 aromatic heterocycles. The summed E-state index contributed by atoms with van der Waals surface area (Å²) in [7, 11) is 1.91. The molecule has 1 aromatic carbocycles. The summed E-state index contributed by atoms with van der Waals surface area (Å²) in [6, 6.07) is 8.60. The Morgan fingerprint density at radius 3 is 2.78 bits per heavy atom. The van der Waals surface area contributed by atoms with E-state index in [0.717, 1.165) is 48.8 Å². The highest BCUT2D eigenvalue weighted by Gasteiger charge is 2.26. The van der Waals surface area contributed by atoms with Crippen molar-refractivity contribution in [1.82, 2.24) is 15.1 Å². The second kappa shape index (κ2) is 12.3. The summed E-state index contributed by atoms with van der Waals surface area (Å²) in [4.78, 5) is 9.64. The summed E-state index contributed by atoms with van der Waals surface area (Å²) in [6.07, 6.45) is 7.72. The van der Waals surface area contributed by atoms with E-state index in [1.807, 2.05) is 7.05 Å². The molecule has 3 rings (SSSR count). The van der Waals surface area contributed by atoms with Crippen LogP contribution >= 0.6 is 39.9 Å². The Morgan fingerprint density at radius 2 is 2.04 bits per heavy atom. The first-order valence-electron chi connectivity index (χ1n) is 10.2. The molecule has 1 aromatic rings. The van der Waals surface area contributed by atoms with Crippen molar-refractivity contribution < 1.29 is 0 Å². The van der Waals surface area contributed by atoms with Crippen LogP contribution in [0.15, 0.2) is 33.7 Å². The van der Waals surface area contributed by atoms with Crippen molar-refractivity contribution in [3.63, 3.8) is 0 Å². The highest BCUT2D eigenvalue weighted by Crippen LogP contribution is 2.20. The number of rotatable bonds is 6. The normalized spacial score (nSPS) is 21.2. The molecule has 27 heavy (non-hydrogen) atoms. The van der Waals surface area contributed by atoms with E-state index in [9.17, 15) is 0 Å². The highest BCUT2D eigenvalue weighted by molar-refractivity contribution is 14.0. The topological polar surface area (TPSA) is 30.9 Å². The number of hydrogen-bond acceptors (Lipinski definition) is 2. The van der Waals surface area contributed by atoms with Gasteiger partial charge in [-0.25, -0.2) is 0 Å². The molecule has 6 heteroatoms. The molecular weight excluding hydrogens is 515 g/mol. The average molecular weight is 549 g/mol. The summed E-state index contributed by atoms with van der Waals surface area (Å²) in [5, 5.41) is 3.57. The largest absolute Gasteiger partial charge is 0.356 e. The highest BCUT2D eigenvalue weighted by atomic mass is 127. The van der Waals surface area contributed by atoms with Gasteiger partial charge in [0.15, 0.2) is 5.96 Å². The Bertz CT molecular complexity index is 589. The van der Waals surface area contributed by atoms with Crippen molar-refractivity contribution in [2.75, 3.05) is 46.3 Å². The predicted octanol–water partition coefficient (Wildman–Crippen LogP) is 4.38. The lowest BCUT2D eigenvalue weighted by atomic mass is 10.1. The Kier molecular flexibility index (Phi) is 10.4. The minimum absolute atomic E-state index is 0. The number of aryl methyl sites for hydroxylation is 1. The van der Waals surface area contributed by atoms with Crippen LogP contribution in [-0.4, -0.2) is 62.1 Å². The molecule has 1 N–H and O–H groups in total. The number of hydrogen-bond donors (Lipinski definition) is 1. The molecule has 1 atom stereocenters. The van der Waals surface area contributed by atoms with Crippen molar-refractivity contribution in [3.05, 3.63) is 34.3 Å². The molecule has 0 saturated carbocycles. The lowest BCUT2D eigenvalue weighted by Crippen LogP contribution is -2.41. The van der Waals surface area contributed by atoms with Crippen molar-refractivity contribution in [2.45, 2.75) is 38.5 Å². The average Bonchev–Trinajstić information content (AvgIpc) is 3.11. The quantitative estimate of drug-likeness (QED) is 0.248. The van der Waals surface area contributed by atoms with E-state index < -0.39 is 0 Å². The zero-order valence-electron chi connectivity index (χ0n) is 16.5. The van der Waals surface area contributed by atoms with Crippen LogP contribution in [0.2, 0.25) is 0 Å². The van der Waals surface area contributed by atoms with Crippen molar-refractivity contribution >= 4 is 45.9 Å². The molecule has 2 aliphatic heterocycles.